The number of hydrogen-bond acceptors (Lipinski definition) is 6. The first-order valence-electron chi connectivity index (χ1n) is 5.14. The number of anilines is 1. The van der Waals surface area contributed by atoms with Crippen LogP contribution in [0.5, 0.6) is 0 Å². The van der Waals surface area contributed by atoms with Crippen molar-refractivity contribution in [2.24, 2.45) is 11.5 Å². The predicted molar refractivity (Wildman–Crippen MR) is 66.2 cm³/mol. The molecule has 0 aliphatic rings. The van der Waals surface area contributed by atoms with E-state index < -0.39 is 22.6 Å². The van der Waals surface area contributed by atoms with E-state index in [0.717, 1.165) is 0 Å². The molecular formula is C10H17N3O3S. The van der Waals surface area contributed by atoms with E-state index in [-0.39, 0.29) is 10.6 Å². The lowest BCUT2D eigenvalue weighted by atomic mass is 10.3. The van der Waals surface area contributed by atoms with Crippen LogP contribution in [0.4, 0.5) is 5.69 Å². The second-order valence-electron chi connectivity index (χ2n) is 3.62. The van der Waals surface area contributed by atoms with Crippen LogP contribution >= 0.6 is 0 Å². The lowest BCUT2D eigenvalue weighted by Gasteiger charge is -2.10. The van der Waals surface area contributed by atoms with E-state index in [0.29, 0.717) is 12.2 Å². The summed E-state index contributed by atoms with van der Waals surface area (Å²) in [5, 5.41) is 11.6. The summed E-state index contributed by atoms with van der Waals surface area (Å²) in [7, 11) is -3.42. The standard InChI is InChI=1S/C10H17N3O3S/c11-10(12)7-13-8-2-1-3-9(6-8)17(15,16)5-4-14/h1-3,6,10,13-14H,4-5,7,11-12H2. The van der Waals surface area contributed by atoms with Gasteiger partial charge in [-0.3, -0.25) is 0 Å². The van der Waals surface area contributed by atoms with Gasteiger partial charge in [-0.1, -0.05) is 6.07 Å². The monoisotopic (exact) mass is 259 g/mol. The van der Waals surface area contributed by atoms with Gasteiger partial charge in [-0.25, -0.2) is 8.42 Å². The zero-order valence-corrected chi connectivity index (χ0v) is 10.2. The summed E-state index contributed by atoms with van der Waals surface area (Å²) < 4.78 is 23.4. The molecule has 0 saturated carbocycles. The topological polar surface area (TPSA) is 118 Å². The second kappa shape index (κ2) is 5.97. The van der Waals surface area contributed by atoms with Crippen molar-refractivity contribution in [3.63, 3.8) is 0 Å². The third-order valence-corrected chi connectivity index (χ3v) is 3.79. The Morgan fingerprint density at radius 2 is 2.06 bits per heavy atom. The summed E-state index contributed by atoms with van der Waals surface area (Å²) in [4.78, 5) is 0.169. The molecule has 0 fully saturated rings. The van der Waals surface area contributed by atoms with Crippen molar-refractivity contribution >= 4 is 15.5 Å². The van der Waals surface area contributed by atoms with E-state index >= 15 is 0 Å². The van der Waals surface area contributed by atoms with Crippen LogP contribution in [0.15, 0.2) is 29.2 Å². The molecule has 7 heteroatoms. The van der Waals surface area contributed by atoms with Gasteiger partial charge in [0, 0.05) is 12.2 Å². The van der Waals surface area contributed by atoms with Gasteiger partial charge in [0.25, 0.3) is 0 Å². The van der Waals surface area contributed by atoms with Crippen LogP contribution in [0.3, 0.4) is 0 Å². The molecule has 0 amide bonds. The van der Waals surface area contributed by atoms with Crippen molar-refractivity contribution in [1.82, 2.24) is 0 Å². The molecule has 0 aromatic heterocycles. The van der Waals surface area contributed by atoms with E-state index in [1.165, 1.54) is 12.1 Å². The van der Waals surface area contributed by atoms with Gasteiger partial charge in [-0.05, 0) is 18.2 Å². The van der Waals surface area contributed by atoms with Crippen molar-refractivity contribution < 1.29 is 13.5 Å². The molecule has 0 aliphatic heterocycles. The highest BCUT2D eigenvalue weighted by Crippen LogP contribution is 2.16. The Morgan fingerprint density at radius 1 is 1.35 bits per heavy atom. The minimum Gasteiger partial charge on any atom is -0.395 e. The van der Waals surface area contributed by atoms with E-state index in [9.17, 15) is 8.42 Å². The van der Waals surface area contributed by atoms with E-state index in [1.54, 1.807) is 12.1 Å². The maximum atomic E-state index is 11.7. The van der Waals surface area contributed by atoms with Crippen molar-refractivity contribution in [3.8, 4) is 0 Å². The summed E-state index contributed by atoms with van der Waals surface area (Å²) in [5.41, 5.74) is 11.4. The number of nitrogens with one attached hydrogen (secondary N) is 1. The molecule has 0 atom stereocenters. The molecule has 1 aromatic carbocycles. The zero-order valence-electron chi connectivity index (χ0n) is 9.33. The molecule has 0 unspecified atom stereocenters. The molecule has 0 aliphatic carbocycles. The Balaban J connectivity index is 2.86. The third-order valence-electron chi connectivity index (χ3n) is 2.10. The van der Waals surface area contributed by atoms with Crippen LogP contribution in [0.2, 0.25) is 0 Å². The average Bonchev–Trinajstić information content (AvgIpc) is 2.27. The van der Waals surface area contributed by atoms with Gasteiger partial charge in [-0.2, -0.15) is 0 Å². The van der Waals surface area contributed by atoms with Crippen LogP contribution in [0.1, 0.15) is 0 Å². The molecule has 0 bridgehead atoms. The van der Waals surface area contributed by atoms with Gasteiger partial charge in [0.2, 0.25) is 0 Å². The minimum absolute atomic E-state index is 0.169. The number of benzene rings is 1. The van der Waals surface area contributed by atoms with Crippen molar-refractivity contribution in [3.05, 3.63) is 24.3 Å². The maximum Gasteiger partial charge on any atom is 0.180 e. The lowest BCUT2D eigenvalue weighted by Crippen LogP contribution is -2.37. The summed E-state index contributed by atoms with van der Waals surface area (Å²) in [6.07, 6.45) is -0.507. The molecule has 6 N–H and O–H groups in total. The van der Waals surface area contributed by atoms with Crippen LogP contribution in [0, 0.1) is 0 Å². The Labute approximate surface area is 101 Å². The second-order valence-corrected chi connectivity index (χ2v) is 5.72. The number of hydrogen-bond donors (Lipinski definition) is 4. The molecule has 0 heterocycles. The number of aliphatic hydroxyl groups excluding tert-OH is 1. The first-order valence-corrected chi connectivity index (χ1v) is 6.79. The highest BCUT2D eigenvalue weighted by Gasteiger charge is 2.13. The van der Waals surface area contributed by atoms with Crippen LogP contribution < -0.4 is 16.8 Å². The van der Waals surface area contributed by atoms with Crippen LogP contribution in [0.25, 0.3) is 0 Å². The third kappa shape index (κ3) is 4.31. The first-order chi connectivity index (χ1) is 7.95. The minimum atomic E-state index is -3.42. The van der Waals surface area contributed by atoms with E-state index in [4.69, 9.17) is 16.6 Å². The van der Waals surface area contributed by atoms with Gasteiger partial charge < -0.3 is 21.9 Å². The molecule has 6 nitrogen and oxygen atoms in total. The fourth-order valence-electron chi connectivity index (χ4n) is 1.27. The molecule has 0 saturated heterocycles. The number of sulfone groups is 1. The Hall–Kier alpha value is -1.15. The molecule has 17 heavy (non-hydrogen) atoms. The fourth-order valence-corrected chi connectivity index (χ4v) is 2.34. The highest BCUT2D eigenvalue weighted by atomic mass is 32.2. The molecule has 96 valence electrons. The molecule has 0 radical (unpaired) electrons. The predicted octanol–water partition coefficient (Wildman–Crippen LogP) is -0.892. The fraction of sp³-hybridized carbons (Fsp3) is 0.400. The summed E-state index contributed by atoms with van der Waals surface area (Å²) >= 11 is 0. The van der Waals surface area contributed by atoms with Gasteiger partial charge >= 0.3 is 0 Å². The SMILES string of the molecule is NC(N)CNc1cccc(S(=O)(=O)CCO)c1. The van der Waals surface area contributed by atoms with Crippen LogP contribution in [-0.2, 0) is 9.84 Å². The number of aliphatic hydroxyl groups is 1. The quantitative estimate of drug-likeness (QED) is 0.492. The van der Waals surface area contributed by atoms with Gasteiger partial charge in [0.15, 0.2) is 9.84 Å². The smallest absolute Gasteiger partial charge is 0.180 e. The average molecular weight is 259 g/mol. The van der Waals surface area contributed by atoms with Gasteiger partial charge in [-0.15, -0.1) is 0 Å². The maximum absolute atomic E-state index is 11.7. The summed E-state index contributed by atoms with van der Waals surface area (Å²) in [5.74, 6) is -0.285. The number of rotatable bonds is 6. The van der Waals surface area contributed by atoms with Crippen LogP contribution in [-0.4, -0.2) is 38.6 Å². The van der Waals surface area contributed by atoms with Crippen molar-refractivity contribution in [1.29, 1.82) is 0 Å². The molecule has 0 spiro atoms. The Morgan fingerprint density at radius 3 is 2.65 bits per heavy atom. The first kappa shape index (κ1) is 13.9. The Bertz CT molecular complexity index is 460. The molecular weight excluding hydrogens is 242 g/mol. The largest absolute Gasteiger partial charge is 0.395 e. The van der Waals surface area contributed by atoms with Crippen molar-refractivity contribution in [2.45, 2.75) is 11.1 Å². The zero-order chi connectivity index (χ0) is 12.9. The summed E-state index contributed by atoms with van der Waals surface area (Å²) in [6, 6.07) is 6.32. The molecule has 1 aromatic rings. The van der Waals surface area contributed by atoms with Gasteiger partial charge in [0.05, 0.1) is 23.4 Å². The molecule has 1 rings (SSSR count). The number of nitrogens with two attached hydrogens (primary N) is 2. The van der Waals surface area contributed by atoms with Crippen molar-refractivity contribution in [2.75, 3.05) is 24.2 Å². The van der Waals surface area contributed by atoms with E-state index in [2.05, 4.69) is 5.32 Å². The normalized spacial score (nSPS) is 11.8. The lowest BCUT2D eigenvalue weighted by molar-refractivity contribution is 0.319. The van der Waals surface area contributed by atoms with Gasteiger partial charge in [0.1, 0.15) is 0 Å². The summed E-state index contributed by atoms with van der Waals surface area (Å²) in [6.45, 7) is -0.0445. The van der Waals surface area contributed by atoms with E-state index in [1.807, 2.05) is 0 Å². The highest BCUT2D eigenvalue weighted by molar-refractivity contribution is 7.91. The Kier molecular flexibility index (Phi) is 4.88.